The molecule has 0 saturated carbocycles. The molecule has 0 bridgehead atoms. The van der Waals surface area contributed by atoms with Crippen molar-refractivity contribution in [3.8, 4) is 0 Å². The van der Waals surface area contributed by atoms with E-state index in [1.165, 1.54) is 0 Å². The highest BCUT2D eigenvalue weighted by Crippen LogP contribution is 2.37. The third-order valence-corrected chi connectivity index (χ3v) is 7.94. The second kappa shape index (κ2) is 13.0. The van der Waals surface area contributed by atoms with Gasteiger partial charge in [0.2, 0.25) is 5.96 Å². The number of anilines is 6. The number of nitrogens with zero attached hydrogens (tertiary/aromatic N) is 4. The van der Waals surface area contributed by atoms with Gasteiger partial charge in [-0.2, -0.15) is 0 Å². The van der Waals surface area contributed by atoms with Gasteiger partial charge < -0.3 is 31.5 Å². The molecule has 2 heterocycles. The summed E-state index contributed by atoms with van der Waals surface area (Å²) >= 11 is 0. The minimum Gasteiger partial charge on any atom is -0.385 e. The summed E-state index contributed by atoms with van der Waals surface area (Å²) in [5, 5.41) is 10.7. The molecule has 0 spiro atoms. The summed E-state index contributed by atoms with van der Waals surface area (Å²) in [6.45, 7) is 4.47. The van der Waals surface area contributed by atoms with Gasteiger partial charge in [-0.25, -0.2) is 4.99 Å². The minimum atomic E-state index is -0.294. The highest BCUT2D eigenvalue weighted by Gasteiger charge is 2.28. The maximum absolute atomic E-state index is 6.56. The number of para-hydroxylation sites is 2. The van der Waals surface area contributed by atoms with Crippen molar-refractivity contribution in [3.05, 3.63) is 151 Å². The van der Waals surface area contributed by atoms with Crippen molar-refractivity contribution < 1.29 is 0 Å². The number of nitrogens with two attached hydrogens (primary N) is 1. The number of aliphatic imine (C=N–C) groups is 1. The zero-order valence-corrected chi connectivity index (χ0v) is 26.7. The summed E-state index contributed by atoms with van der Waals surface area (Å²) in [6, 6.07) is 32.7. The van der Waals surface area contributed by atoms with Crippen LogP contribution in [0.2, 0.25) is 0 Å². The van der Waals surface area contributed by atoms with Gasteiger partial charge in [-0.1, -0.05) is 55.1 Å². The molecule has 1 atom stereocenters. The lowest BCUT2D eigenvalue weighted by atomic mass is 10.00. The normalized spacial score (nSPS) is 15.2. The van der Waals surface area contributed by atoms with Crippen molar-refractivity contribution in [2.75, 3.05) is 48.6 Å². The summed E-state index contributed by atoms with van der Waals surface area (Å²) in [6.07, 6.45) is 8.03. The topological polar surface area (TPSA) is 84.2 Å². The Morgan fingerprint density at radius 2 is 1.37 bits per heavy atom. The Balaban J connectivity index is 1.38. The molecule has 232 valence electrons. The van der Waals surface area contributed by atoms with Gasteiger partial charge in [-0.3, -0.25) is 4.90 Å². The first-order valence-electron chi connectivity index (χ1n) is 15.2. The van der Waals surface area contributed by atoms with Crippen LogP contribution in [0, 0.1) is 0 Å². The molecular weight excluding hydrogens is 568 g/mol. The van der Waals surface area contributed by atoms with Crippen LogP contribution in [0.15, 0.2) is 144 Å². The molecule has 2 aliphatic heterocycles. The highest BCUT2D eigenvalue weighted by molar-refractivity contribution is 5.95. The van der Waals surface area contributed by atoms with Crippen LogP contribution in [0.3, 0.4) is 0 Å². The molecule has 0 amide bonds. The molecule has 0 radical (unpaired) electrons. The Morgan fingerprint density at radius 3 is 2.00 bits per heavy atom. The first kappa shape index (κ1) is 30.1. The van der Waals surface area contributed by atoms with Crippen molar-refractivity contribution in [2.45, 2.75) is 6.04 Å². The monoisotopic (exact) mass is 608 g/mol. The molecule has 1 unspecified atom stereocenters. The number of rotatable bonds is 9. The highest BCUT2D eigenvalue weighted by atomic mass is 15.4. The zero-order valence-electron chi connectivity index (χ0n) is 26.7. The maximum Gasteiger partial charge on any atom is 0.209 e. The second-order valence-corrected chi connectivity index (χ2v) is 11.7. The summed E-state index contributed by atoms with van der Waals surface area (Å²) < 4.78 is 0. The van der Waals surface area contributed by atoms with Crippen LogP contribution >= 0.6 is 0 Å². The maximum atomic E-state index is 6.56. The molecule has 0 saturated heterocycles. The molecule has 4 aromatic carbocycles. The summed E-state index contributed by atoms with van der Waals surface area (Å²) in [5.74, 6) is 1.16. The predicted molar refractivity (Wildman–Crippen MR) is 195 cm³/mol. The fraction of sp³-hybridized carbons (Fsp3) is 0.132. The van der Waals surface area contributed by atoms with Crippen molar-refractivity contribution in [1.82, 2.24) is 10.2 Å². The number of benzene rings is 4. The Hall–Kier alpha value is -5.89. The number of guanidine groups is 1. The zero-order chi connectivity index (χ0) is 32.2. The molecular formula is C38H40N8. The molecule has 0 aromatic heterocycles. The van der Waals surface area contributed by atoms with Gasteiger partial charge in [0.15, 0.2) is 0 Å². The van der Waals surface area contributed by atoms with E-state index in [0.717, 1.165) is 50.9 Å². The average molecular weight is 609 g/mol. The SMILES string of the molecule is C=C(NC1=NC(c2ccc(N(C)C)cc2Nc2ccccc2)C=C2C=CC=C(N)N21)c1ccc(N(C)C)cc1Nc1ccccc1. The largest absolute Gasteiger partial charge is 0.385 e. The number of hydrogen-bond donors (Lipinski definition) is 4. The van der Waals surface area contributed by atoms with E-state index in [9.17, 15) is 0 Å². The summed E-state index contributed by atoms with van der Waals surface area (Å²) in [4.78, 5) is 11.4. The van der Waals surface area contributed by atoms with Crippen molar-refractivity contribution in [3.63, 3.8) is 0 Å². The van der Waals surface area contributed by atoms with Gasteiger partial charge in [-0.15, -0.1) is 0 Å². The number of allylic oxidation sites excluding steroid dienone is 3. The second-order valence-electron chi connectivity index (χ2n) is 11.7. The minimum absolute atomic E-state index is 0.294. The van der Waals surface area contributed by atoms with Crippen LogP contribution in [-0.4, -0.2) is 39.1 Å². The third-order valence-electron chi connectivity index (χ3n) is 7.94. The Labute approximate surface area is 271 Å². The fourth-order valence-electron chi connectivity index (χ4n) is 5.48. The van der Waals surface area contributed by atoms with E-state index < -0.39 is 0 Å². The standard InChI is InChI=1S/C38H40N8/c1-26(32-21-19-29(44(2)3)23-34(32)41-27-13-8-6-9-14-27)40-38-43-36(25-31-17-12-18-37(39)46(31)38)33-22-20-30(45(4)5)24-35(33)42-28-15-10-7-11-16-28/h6-25,36,41-42H,1,39H2,2-5H3,(H,40,43). The van der Waals surface area contributed by atoms with E-state index in [4.69, 9.17) is 10.7 Å². The van der Waals surface area contributed by atoms with Gasteiger partial charge in [0.1, 0.15) is 11.9 Å². The predicted octanol–water partition coefficient (Wildman–Crippen LogP) is 7.53. The van der Waals surface area contributed by atoms with Gasteiger partial charge in [-0.05, 0) is 72.8 Å². The van der Waals surface area contributed by atoms with Crippen molar-refractivity contribution in [2.24, 2.45) is 10.7 Å². The van der Waals surface area contributed by atoms with Crippen LogP contribution < -0.4 is 31.5 Å². The van der Waals surface area contributed by atoms with E-state index >= 15 is 0 Å². The molecule has 4 aromatic rings. The fourth-order valence-corrected chi connectivity index (χ4v) is 5.48. The molecule has 8 nitrogen and oxygen atoms in total. The smallest absolute Gasteiger partial charge is 0.209 e. The van der Waals surface area contributed by atoms with Gasteiger partial charge in [0.05, 0.1) is 0 Å². The Kier molecular flexibility index (Phi) is 8.52. The molecule has 2 aliphatic rings. The molecule has 46 heavy (non-hydrogen) atoms. The molecule has 0 fully saturated rings. The molecule has 6 rings (SSSR count). The van der Waals surface area contributed by atoms with E-state index in [1.54, 1.807) is 0 Å². The lowest BCUT2D eigenvalue weighted by Crippen LogP contribution is -2.44. The molecule has 5 N–H and O–H groups in total. The van der Waals surface area contributed by atoms with Crippen LogP contribution in [0.4, 0.5) is 34.1 Å². The number of nitrogens with one attached hydrogen (secondary N) is 3. The van der Waals surface area contributed by atoms with E-state index in [1.807, 2.05) is 93.8 Å². The average Bonchev–Trinajstić information content (AvgIpc) is 3.05. The van der Waals surface area contributed by atoms with E-state index in [2.05, 4.69) is 93.0 Å². The third kappa shape index (κ3) is 6.46. The van der Waals surface area contributed by atoms with Crippen LogP contribution in [0.1, 0.15) is 17.2 Å². The Bertz CT molecular complexity index is 1850. The van der Waals surface area contributed by atoms with Crippen LogP contribution in [-0.2, 0) is 0 Å². The number of hydrogen-bond acceptors (Lipinski definition) is 8. The first-order chi connectivity index (χ1) is 22.3. The summed E-state index contributed by atoms with van der Waals surface area (Å²) in [5.41, 5.74) is 16.2. The van der Waals surface area contributed by atoms with Crippen LogP contribution in [0.25, 0.3) is 5.70 Å². The Morgan fingerprint density at radius 1 is 0.783 bits per heavy atom. The van der Waals surface area contributed by atoms with Crippen LogP contribution in [0.5, 0.6) is 0 Å². The lowest BCUT2D eigenvalue weighted by Gasteiger charge is -2.35. The molecule has 8 heteroatoms. The molecule has 0 aliphatic carbocycles. The van der Waals surface area contributed by atoms with Gasteiger partial charge >= 0.3 is 0 Å². The van der Waals surface area contributed by atoms with Crippen molar-refractivity contribution >= 4 is 45.8 Å². The van der Waals surface area contributed by atoms with Crippen molar-refractivity contribution in [1.29, 1.82) is 0 Å². The first-order valence-corrected chi connectivity index (χ1v) is 15.2. The van der Waals surface area contributed by atoms with E-state index in [0.29, 0.717) is 17.5 Å². The van der Waals surface area contributed by atoms with Gasteiger partial charge in [0, 0.05) is 84.8 Å². The van der Waals surface area contributed by atoms with E-state index in [-0.39, 0.29) is 6.04 Å². The van der Waals surface area contributed by atoms with Gasteiger partial charge in [0.25, 0.3) is 0 Å². The number of fused-ring (bicyclic) bond motifs is 1. The quantitative estimate of drug-likeness (QED) is 0.156. The lowest BCUT2D eigenvalue weighted by molar-refractivity contribution is 0.580. The summed E-state index contributed by atoms with van der Waals surface area (Å²) in [7, 11) is 8.15.